The molecule has 41 heavy (non-hydrogen) atoms. The van der Waals surface area contributed by atoms with E-state index in [0.29, 0.717) is 5.92 Å². The van der Waals surface area contributed by atoms with Gasteiger partial charge in [0.25, 0.3) is 0 Å². The van der Waals surface area contributed by atoms with Gasteiger partial charge < -0.3 is 15.3 Å². The highest BCUT2D eigenvalue weighted by molar-refractivity contribution is 5.95. The van der Waals surface area contributed by atoms with Crippen molar-refractivity contribution in [2.24, 2.45) is 10.9 Å². The van der Waals surface area contributed by atoms with Gasteiger partial charge in [-0.3, -0.25) is 0 Å². The van der Waals surface area contributed by atoms with Gasteiger partial charge in [-0.05, 0) is 122 Å². The molecule has 0 amide bonds. The predicted octanol–water partition coefficient (Wildman–Crippen LogP) is 7.74. The molecule has 3 aromatic carbocycles. The number of aliphatic imine (C=N–C) groups is 1. The van der Waals surface area contributed by atoms with Crippen LogP contribution in [0.2, 0.25) is 0 Å². The first-order valence-electron chi connectivity index (χ1n) is 15.5. The first-order valence-corrected chi connectivity index (χ1v) is 15.5. The second-order valence-corrected chi connectivity index (χ2v) is 12.0. The van der Waals surface area contributed by atoms with Crippen LogP contribution in [0, 0.1) is 12.8 Å². The van der Waals surface area contributed by atoms with Crippen molar-refractivity contribution in [3.8, 4) is 0 Å². The van der Waals surface area contributed by atoms with Crippen molar-refractivity contribution in [1.82, 2.24) is 4.90 Å². The van der Waals surface area contributed by atoms with Crippen LogP contribution < -0.4 is 5.32 Å². The number of β-amino-alcohol motifs (C(OH)–C–C–N with tert-alkyl or cyclic N) is 1. The molecule has 0 bridgehead atoms. The fraction of sp³-hybridized carbons (Fsp3) is 0.378. The van der Waals surface area contributed by atoms with Gasteiger partial charge in [0, 0.05) is 24.4 Å². The normalized spacial score (nSPS) is 19.4. The summed E-state index contributed by atoms with van der Waals surface area (Å²) in [6, 6.07) is 26.7. The van der Waals surface area contributed by atoms with Gasteiger partial charge in [0.2, 0.25) is 0 Å². The molecule has 0 spiro atoms. The summed E-state index contributed by atoms with van der Waals surface area (Å²) in [4.78, 5) is 7.31. The third kappa shape index (κ3) is 6.55. The Morgan fingerprint density at radius 3 is 2.46 bits per heavy atom. The number of hydrogen-bond donors (Lipinski definition) is 2. The zero-order valence-electron chi connectivity index (χ0n) is 24.4. The standard InChI is InChI=1S/C37H43N3O/c1-27-7-2-3-10-32(27)36-25-30-26-38-37(18-17-33(30)34-11-4-5-12-35(34)36)39-31-15-13-28(14-16-31)8-6-9-29-19-21-40(22-20-29)23-24-41/h2-5,7,10-16,18,26,29,36,39,41H,6,8-9,17,19-25H2,1H3. The van der Waals surface area contributed by atoms with Crippen molar-refractivity contribution >= 4 is 17.5 Å². The Morgan fingerprint density at radius 2 is 1.68 bits per heavy atom. The van der Waals surface area contributed by atoms with Crippen LogP contribution in [0.4, 0.5) is 5.69 Å². The van der Waals surface area contributed by atoms with Gasteiger partial charge in [-0.15, -0.1) is 0 Å². The minimum absolute atomic E-state index is 0.279. The van der Waals surface area contributed by atoms with Gasteiger partial charge in [-0.25, -0.2) is 4.99 Å². The minimum atomic E-state index is 0.279. The zero-order valence-corrected chi connectivity index (χ0v) is 24.4. The summed E-state index contributed by atoms with van der Waals surface area (Å²) in [5.41, 5.74) is 10.8. The fourth-order valence-electron chi connectivity index (χ4n) is 6.95. The number of likely N-dealkylation sites (tertiary alicyclic amines) is 1. The van der Waals surface area contributed by atoms with Crippen LogP contribution in [0.1, 0.15) is 72.3 Å². The van der Waals surface area contributed by atoms with E-state index in [1.54, 1.807) is 0 Å². The lowest BCUT2D eigenvalue weighted by Crippen LogP contribution is -2.35. The number of aliphatic hydroxyl groups is 1. The molecule has 1 aliphatic carbocycles. The second kappa shape index (κ2) is 13.0. The maximum Gasteiger partial charge on any atom is 0.126 e. The highest BCUT2D eigenvalue weighted by atomic mass is 16.3. The number of hydrogen-bond acceptors (Lipinski definition) is 4. The van der Waals surface area contributed by atoms with E-state index in [4.69, 9.17) is 10.1 Å². The van der Waals surface area contributed by atoms with Gasteiger partial charge in [0.05, 0.1) is 6.61 Å². The Hall–Kier alpha value is -3.47. The van der Waals surface area contributed by atoms with Crippen LogP contribution in [0.5, 0.6) is 0 Å². The Morgan fingerprint density at radius 1 is 0.927 bits per heavy atom. The maximum absolute atomic E-state index is 9.15. The summed E-state index contributed by atoms with van der Waals surface area (Å²) in [6.07, 6.45) is 12.4. The number of fused-ring (bicyclic) bond motifs is 2. The van der Waals surface area contributed by atoms with E-state index in [-0.39, 0.29) is 6.61 Å². The average Bonchev–Trinajstić information content (AvgIpc) is 3.21. The third-order valence-corrected chi connectivity index (χ3v) is 9.32. The molecule has 2 aliphatic heterocycles. The molecule has 1 saturated heterocycles. The number of benzene rings is 3. The molecule has 4 nitrogen and oxygen atoms in total. The van der Waals surface area contributed by atoms with E-state index in [1.165, 1.54) is 64.6 Å². The van der Waals surface area contributed by atoms with E-state index >= 15 is 0 Å². The molecule has 1 fully saturated rings. The molecule has 0 aromatic heterocycles. The van der Waals surface area contributed by atoms with Crippen LogP contribution in [-0.4, -0.2) is 42.5 Å². The molecule has 1 atom stereocenters. The molecule has 3 aliphatic rings. The zero-order chi connectivity index (χ0) is 28.0. The van der Waals surface area contributed by atoms with E-state index in [9.17, 15) is 0 Å². The van der Waals surface area contributed by atoms with E-state index in [1.807, 2.05) is 0 Å². The van der Waals surface area contributed by atoms with Crippen molar-refractivity contribution in [3.63, 3.8) is 0 Å². The number of nitrogens with one attached hydrogen (secondary N) is 1. The maximum atomic E-state index is 9.15. The van der Waals surface area contributed by atoms with E-state index in [0.717, 1.165) is 56.3 Å². The van der Waals surface area contributed by atoms with Crippen LogP contribution in [0.3, 0.4) is 0 Å². The Kier molecular flexibility index (Phi) is 8.79. The predicted molar refractivity (Wildman–Crippen MR) is 171 cm³/mol. The number of anilines is 1. The number of nitrogens with zero attached hydrogens (tertiary/aromatic N) is 2. The highest BCUT2D eigenvalue weighted by Gasteiger charge is 2.28. The molecule has 1 unspecified atom stereocenters. The number of rotatable bonds is 9. The van der Waals surface area contributed by atoms with Crippen molar-refractivity contribution in [2.45, 2.75) is 57.8 Å². The molecule has 4 heteroatoms. The van der Waals surface area contributed by atoms with E-state index in [2.05, 4.69) is 102 Å². The van der Waals surface area contributed by atoms with Crippen LogP contribution in [-0.2, 0) is 6.42 Å². The Bertz CT molecular complexity index is 1430. The fourth-order valence-corrected chi connectivity index (χ4v) is 6.95. The summed E-state index contributed by atoms with van der Waals surface area (Å²) in [7, 11) is 0. The van der Waals surface area contributed by atoms with Gasteiger partial charge in [-0.2, -0.15) is 0 Å². The highest BCUT2D eigenvalue weighted by Crippen LogP contribution is 2.44. The van der Waals surface area contributed by atoms with Crippen molar-refractivity contribution in [1.29, 1.82) is 0 Å². The monoisotopic (exact) mass is 545 g/mol. The van der Waals surface area contributed by atoms with Crippen LogP contribution in [0.15, 0.2) is 95.3 Å². The number of piperidine rings is 1. The smallest absolute Gasteiger partial charge is 0.126 e. The molecule has 2 N–H and O–H groups in total. The molecule has 212 valence electrons. The third-order valence-electron chi connectivity index (χ3n) is 9.32. The van der Waals surface area contributed by atoms with Crippen LogP contribution in [0.25, 0.3) is 5.57 Å². The Labute approximate surface area is 245 Å². The topological polar surface area (TPSA) is 47.9 Å². The van der Waals surface area contributed by atoms with Gasteiger partial charge in [-0.1, -0.05) is 67.1 Å². The van der Waals surface area contributed by atoms with E-state index < -0.39 is 0 Å². The quantitative estimate of drug-likeness (QED) is 0.289. The summed E-state index contributed by atoms with van der Waals surface area (Å²) in [5, 5.41) is 12.7. The second-order valence-electron chi connectivity index (χ2n) is 12.0. The van der Waals surface area contributed by atoms with Crippen molar-refractivity contribution < 1.29 is 5.11 Å². The van der Waals surface area contributed by atoms with Crippen molar-refractivity contribution in [3.05, 3.63) is 118 Å². The summed E-state index contributed by atoms with van der Waals surface area (Å²) in [6.45, 7) is 5.62. The lowest BCUT2D eigenvalue weighted by Gasteiger charge is -2.31. The number of aliphatic hydroxyl groups excluding tert-OH is 1. The summed E-state index contributed by atoms with van der Waals surface area (Å²) < 4.78 is 0. The Balaban J connectivity index is 1.06. The van der Waals surface area contributed by atoms with Gasteiger partial charge in [0.15, 0.2) is 0 Å². The SMILES string of the molecule is Cc1ccccc1C1CC2=C(CC=C(Nc3ccc(CCCC4CCN(CCO)CC4)cc3)N=C2)c2ccccc21. The first kappa shape index (κ1) is 27.7. The van der Waals surface area contributed by atoms with Crippen LogP contribution >= 0.6 is 0 Å². The molecular formula is C37H43N3O. The molecule has 6 rings (SSSR count). The number of aryl methyl sites for hydroxylation is 2. The lowest BCUT2D eigenvalue weighted by molar-refractivity contribution is 0.144. The molecule has 0 radical (unpaired) electrons. The number of allylic oxidation sites excluding steroid dienone is 3. The minimum Gasteiger partial charge on any atom is -0.395 e. The van der Waals surface area contributed by atoms with Gasteiger partial charge in [0.1, 0.15) is 5.82 Å². The van der Waals surface area contributed by atoms with Crippen molar-refractivity contribution in [2.75, 3.05) is 31.6 Å². The summed E-state index contributed by atoms with van der Waals surface area (Å²) in [5.74, 6) is 2.12. The molecule has 2 heterocycles. The molecular weight excluding hydrogens is 502 g/mol. The molecule has 3 aromatic rings. The molecule has 0 saturated carbocycles. The first-order chi connectivity index (χ1) is 20.2. The average molecular weight is 546 g/mol. The largest absolute Gasteiger partial charge is 0.395 e. The summed E-state index contributed by atoms with van der Waals surface area (Å²) >= 11 is 0. The lowest BCUT2D eigenvalue weighted by atomic mass is 9.74. The van der Waals surface area contributed by atoms with Gasteiger partial charge >= 0.3 is 0 Å².